The van der Waals surface area contributed by atoms with Crippen LogP contribution in [0.2, 0.25) is 0 Å². The zero-order valence-electron chi connectivity index (χ0n) is 13.5. The van der Waals surface area contributed by atoms with Crippen molar-refractivity contribution in [2.45, 2.75) is 19.5 Å². The molecule has 2 aromatic rings. The summed E-state index contributed by atoms with van der Waals surface area (Å²) in [5.74, 6) is 0.456. The molecule has 0 bridgehead atoms. The number of rotatable bonds is 5. The minimum absolute atomic E-state index is 0.0319. The summed E-state index contributed by atoms with van der Waals surface area (Å²) in [6.07, 6.45) is 1.80. The maximum atomic E-state index is 12.6. The van der Waals surface area contributed by atoms with Crippen molar-refractivity contribution in [3.63, 3.8) is 0 Å². The number of amides is 2. The molecule has 2 amide bonds. The van der Waals surface area contributed by atoms with Crippen LogP contribution in [0.15, 0.2) is 47.1 Å². The van der Waals surface area contributed by atoms with Crippen LogP contribution in [0.1, 0.15) is 17.7 Å². The highest BCUT2D eigenvalue weighted by Gasteiger charge is 2.35. The van der Waals surface area contributed by atoms with Crippen molar-refractivity contribution in [1.82, 2.24) is 9.80 Å². The first kappa shape index (κ1) is 16.1. The van der Waals surface area contributed by atoms with Gasteiger partial charge in [0.25, 0.3) is 0 Å². The lowest BCUT2D eigenvalue weighted by molar-refractivity contribution is -0.135. The molecule has 1 atom stereocenters. The smallest absolute Gasteiger partial charge is 0.228 e. The van der Waals surface area contributed by atoms with Crippen molar-refractivity contribution in [3.05, 3.63) is 54.0 Å². The van der Waals surface area contributed by atoms with Gasteiger partial charge in [-0.15, -0.1) is 0 Å². The van der Waals surface area contributed by atoms with E-state index in [4.69, 9.17) is 4.42 Å². The van der Waals surface area contributed by atoms with Gasteiger partial charge in [-0.05, 0) is 29.8 Å². The highest BCUT2D eigenvalue weighted by Crippen LogP contribution is 2.23. The molecule has 0 spiro atoms. The van der Waals surface area contributed by atoms with Crippen molar-refractivity contribution in [1.29, 1.82) is 0 Å². The van der Waals surface area contributed by atoms with E-state index in [1.807, 2.05) is 12.1 Å². The third kappa shape index (κ3) is 3.59. The largest absolute Gasteiger partial charge is 0.508 e. The topological polar surface area (TPSA) is 74.0 Å². The van der Waals surface area contributed by atoms with Crippen molar-refractivity contribution in [3.8, 4) is 5.75 Å². The highest BCUT2D eigenvalue weighted by atomic mass is 16.3. The molecule has 2 heterocycles. The fraction of sp³-hybridized carbons (Fsp3) is 0.333. The summed E-state index contributed by atoms with van der Waals surface area (Å²) in [4.78, 5) is 28.0. The molecule has 1 N–H and O–H groups in total. The van der Waals surface area contributed by atoms with Gasteiger partial charge in [0.1, 0.15) is 11.5 Å². The molecule has 1 aromatic heterocycles. The molecule has 3 rings (SSSR count). The predicted octanol–water partition coefficient (Wildman–Crippen LogP) is 1.99. The minimum Gasteiger partial charge on any atom is -0.508 e. The van der Waals surface area contributed by atoms with Crippen molar-refractivity contribution < 1.29 is 19.1 Å². The fourth-order valence-electron chi connectivity index (χ4n) is 3.00. The summed E-state index contributed by atoms with van der Waals surface area (Å²) >= 11 is 0. The van der Waals surface area contributed by atoms with Crippen molar-refractivity contribution >= 4 is 11.8 Å². The Kier molecular flexibility index (Phi) is 4.55. The van der Waals surface area contributed by atoms with Crippen LogP contribution in [0.3, 0.4) is 0 Å². The third-order valence-electron chi connectivity index (χ3n) is 4.20. The normalized spacial score (nSPS) is 17.3. The van der Waals surface area contributed by atoms with Crippen LogP contribution in [0.25, 0.3) is 0 Å². The monoisotopic (exact) mass is 328 g/mol. The fourth-order valence-corrected chi connectivity index (χ4v) is 3.00. The third-order valence-corrected chi connectivity index (χ3v) is 4.20. The van der Waals surface area contributed by atoms with E-state index < -0.39 is 0 Å². The standard InChI is InChI=1S/C18H20N2O4/c1-19(10-13-4-2-5-15(21)8-13)18(23)14-9-17(22)20(11-14)12-16-6-3-7-24-16/h2-8,14,21H,9-12H2,1H3. The average Bonchev–Trinajstić information content (AvgIpc) is 3.17. The van der Waals surface area contributed by atoms with Crippen molar-refractivity contribution in [2.75, 3.05) is 13.6 Å². The first-order valence-corrected chi connectivity index (χ1v) is 7.86. The van der Waals surface area contributed by atoms with E-state index >= 15 is 0 Å². The first-order valence-electron chi connectivity index (χ1n) is 7.86. The summed E-state index contributed by atoms with van der Waals surface area (Å²) < 4.78 is 5.26. The molecule has 1 saturated heterocycles. The molecule has 1 aromatic carbocycles. The molecular weight excluding hydrogens is 308 g/mol. The second-order valence-corrected chi connectivity index (χ2v) is 6.12. The van der Waals surface area contributed by atoms with Gasteiger partial charge >= 0.3 is 0 Å². The first-order chi connectivity index (χ1) is 11.5. The number of furan rings is 1. The molecule has 6 nitrogen and oxygen atoms in total. The lowest BCUT2D eigenvalue weighted by Gasteiger charge is -2.21. The number of carbonyl (C=O) groups is 2. The van der Waals surface area contributed by atoms with Gasteiger partial charge in [0.2, 0.25) is 11.8 Å². The molecule has 24 heavy (non-hydrogen) atoms. The van der Waals surface area contributed by atoms with Crippen LogP contribution < -0.4 is 0 Å². The van der Waals surface area contributed by atoms with E-state index in [2.05, 4.69) is 0 Å². The van der Waals surface area contributed by atoms with Gasteiger partial charge in [-0.25, -0.2) is 0 Å². The van der Waals surface area contributed by atoms with Crippen LogP contribution in [0.4, 0.5) is 0 Å². The molecule has 6 heteroatoms. The maximum absolute atomic E-state index is 12.6. The van der Waals surface area contributed by atoms with E-state index in [0.717, 1.165) is 5.56 Å². The summed E-state index contributed by atoms with van der Waals surface area (Å²) in [6, 6.07) is 10.4. The van der Waals surface area contributed by atoms with Gasteiger partial charge < -0.3 is 19.3 Å². The predicted molar refractivity (Wildman–Crippen MR) is 86.8 cm³/mol. The van der Waals surface area contributed by atoms with Gasteiger partial charge in [0.05, 0.1) is 18.7 Å². The Labute approximate surface area is 140 Å². The molecule has 1 unspecified atom stereocenters. The number of benzene rings is 1. The van der Waals surface area contributed by atoms with Crippen LogP contribution in [0.5, 0.6) is 5.75 Å². The van der Waals surface area contributed by atoms with Gasteiger partial charge in [-0.2, -0.15) is 0 Å². The quantitative estimate of drug-likeness (QED) is 0.911. The van der Waals surface area contributed by atoms with Gasteiger partial charge in [0.15, 0.2) is 0 Å². The summed E-state index contributed by atoms with van der Waals surface area (Å²) in [7, 11) is 1.71. The van der Waals surface area contributed by atoms with E-state index in [9.17, 15) is 14.7 Å². The highest BCUT2D eigenvalue weighted by molar-refractivity contribution is 5.89. The Morgan fingerprint density at radius 3 is 2.92 bits per heavy atom. The molecule has 126 valence electrons. The molecule has 0 radical (unpaired) electrons. The summed E-state index contributed by atoms with van der Waals surface area (Å²) in [6.45, 7) is 1.20. The lowest BCUT2D eigenvalue weighted by Crippen LogP contribution is -2.34. The Morgan fingerprint density at radius 1 is 1.38 bits per heavy atom. The van der Waals surface area contributed by atoms with Crippen LogP contribution in [0, 0.1) is 5.92 Å². The van der Waals surface area contributed by atoms with Gasteiger partial charge in [-0.3, -0.25) is 9.59 Å². The Hall–Kier alpha value is -2.76. The maximum Gasteiger partial charge on any atom is 0.228 e. The summed E-state index contributed by atoms with van der Waals surface area (Å²) in [5, 5.41) is 9.50. The number of likely N-dealkylation sites (tertiary alicyclic amines) is 1. The molecule has 1 aliphatic heterocycles. The SMILES string of the molecule is CN(Cc1cccc(O)c1)C(=O)C1CC(=O)N(Cc2ccco2)C1. The zero-order valence-corrected chi connectivity index (χ0v) is 13.5. The average molecular weight is 328 g/mol. The van der Waals surface area contributed by atoms with E-state index in [1.54, 1.807) is 47.4 Å². The van der Waals surface area contributed by atoms with E-state index in [-0.39, 0.29) is 29.9 Å². The minimum atomic E-state index is -0.338. The number of phenolic OH excluding ortho intramolecular Hbond substituents is 1. The van der Waals surface area contributed by atoms with E-state index in [1.165, 1.54) is 0 Å². The lowest BCUT2D eigenvalue weighted by atomic mass is 10.1. The zero-order chi connectivity index (χ0) is 17.1. The van der Waals surface area contributed by atoms with Gasteiger partial charge in [0, 0.05) is 26.6 Å². The Bertz CT molecular complexity index is 726. The Balaban J connectivity index is 1.59. The molecule has 1 aliphatic rings. The number of aromatic hydroxyl groups is 1. The van der Waals surface area contributed by atoms with Crippen LogP contribution in [-0.4, -0.2) is 40.3 Å². The number of phenols is 1. The van der Waals surface area contributed by atoms with Crippen LogP contribution >= 0.6 is 0 Å². The number of nitrogens with zero attached hydrogens (tertiary/aromatic N) is 2. The molecule has 1 fully saturated rings. The molecule has 0 saturated carbocycles. The van der Waals surface area contributed by atoms with Crippen molar-refractivity contribution in [2.24, 2.45) is 5.92 Å². The Morgan fingerprint density at radius 2 is 2.21 bits per heavy atom. The van der Waals surface area contributed by atoms with Gasteiger partial charge in [-0.1, -0.05) is 12.1 Å². The number of hydrogen-bond acceptors (Lipinski definition) is 4. The number of hydrogen-bond donors (Lipinski definition) is 1. The summed E-state index contributed by atoms with van der Waals surface area (Å²) in [5.41, 5.74) is 0.850. The van der Waals surface area contributed by atoms with E-state index in [0.29, 0.717) is 25.4 Å². The second kappa shape index (κ2) is 6.78. The molecular formula is C18H20N2O4. The second-order valence-electron chi connectivity index (χ2n) is 6.12. The molecule has 0 aliphatic carbocycles. The van der Waals surface area contributed by atoms with Crippen LogP contribution in [-0.2, 0) is 22.7 Å². The number of carbonyl (C=O) groups excluding carboxylic acids is 2.